The first-order valence-corrected chi connectivity index (χ1v) is 13.5. The van der Waals surface area contributed by atoms with Gasteiger partial charge in [0.2, 0.25) is 0 Å². The Morgan fingerprint density at radius 3 is 2.15 bits per heavy atom. The van der Waals surface area contributed by atoms with Crippen LogP contribution >= 0.6 is 0 Å². The zero-order valence-electron chi connectivity index (χ0n) is 24.2. The number of ether oxygens (including phenoxy) is 2. The lowest BCUT2D eigenvalue weighted by atomic mass is 10.0. The molecule has 1 saturated heterocycles. The Balaban J connectivity index is 1.44. The van der Waals surface area contributed by atoms with Gasteiger partial charge in [0.15, 0.2) is 0 Å². The van der Waals surface area contributed by atoms with E-state index in [1.807, 2.05) is 57.2 Å². The summed E-state index contributed by atoms with van der Waals surface area (Å²) in [6.07, 6.45) is 3.23. The van der Waals surface area contributed by atoms with Gasteiger partial charge in [-0.1, -0.05) is 24.3 Å². The number of hydrogen-bond acceptors (Lipinski definition) is 10. The minimum absolute atomic E-state index is 0.166. The van der Waals surface area contributed by atoms with Crippen LogP contribution in [0.4, 0.5) is 10.5 Å². The fourth-order valence-corrected chi connectivity index (χ4v) is 4.10. The van der Waals surface area contributed by atoms with Crippen molar-refractivity contribution in [3.05, 3.63) is 83.3 Å². The number of allylic oxidation sites excluding steroid dienone is 1. The van der Waals surface area contributed by atoms with E-state index in [1.165, 1.54) is 19.4 Å². The van der Waals surface area contributed by atoms with Gasteiger partial charge in [0.05, 0.1) is 12.8 Å². The van der Waals surface area contributed by atoms with Gasteiger partial charge in [-0.3, -0.25) is 9.79 Å². The molecule has 0 radical (unpaired) electrons. The van der Waals surface area contributed by atoms with Crippen molar-refractivity contribution in [3.63, 3.8) is 0 Å². The Labute approximate surface area is 241 Å². The molecule has 1 amide bonds. The Bertz CT molecular complexity index is 1200. The second-order valence-electron chi connectivity index (χ2n) is 10.5. The minimum Gasteiger partial charge on any atom is -0.492 e. The predicted molar refractivity (Wildman–Crippen MR) is 157 cm³/mol. The molecule has 11 heteroatoms. The lowest BCUT2D eigenvalue weighted by molar-refractivity contribution is -0.250. The second kappa shape index (κ2) is 15.0. The van der Waals surface area contributed by atoms with E-state index >= 15 is 0 Å². The maximum absolute atomic E-state index is 12.2. The molecular weight excluding hydrogens is 526 g/mol. The fraction of sp³-hybridized carbons (Fsp3) is 0.400. The number of carbonyl (C=O) groups is 2. The van der Waals surface area contributed by atoms with Gasteiger partial charge in [-0.25, -0.2) is 9.59 Å². The number of nitrogens with zero attached hydrogens (tertiary/aromatic N) is 2. The molecule has 2 aromatic rings. The summed E-state index contributed by atoms with van der Waals surface area (Å²) in [7, 11) is 1.22. The number of amides is 1. The zero-order chi connectivity index (χ0) is 29.8. The van der Waals surface area contributed by atoms with Crippen LogP contribution in [0.25, 0.3) is 0 Å². The van der Waals surface area contributed by atoms with Gasteiger partial charge in [0.1, 0.15) is 23.7 Å². The van der Waals surface area contributed by atoms with Crippen LogP contribution in [0.15, 0.2) is 72.2 Å². The quantitative estimate of drug-likeness (QED) is 0.160. The molecule has 11 nitrogen and oxygen atoms in total. The molecule has 1 fully saturated rings. The zero-order valence-corrected chi connectivity index (χ0v) is 24.2. The molecule has 0 aromatic heterocycles. The standard InChI is InChI=1S/C30H41N5O6/c1-30(2,3)40-29(37)35-17-15-34(16-18-35)19-20-39-25-11-7-23(8-12-25)21-22-5-9-24(10-6-22)33-26(13-14-31)27(32)28(36)41-38-4/h5-14,33H,15-21,31-32H2,1-4H3/b14-13-,27-26+. The lowest BCUT2D eigenvalue weighted by Crippen LogP contribution is -2.50. The number of rotatable bonds is 11. The summed E-state index contributed by atoms with van der Waals surface area (Å²) in [5, 5.41) is 3.06. The van der Waals surface area contributed by atoms with E-state index in [4.69, 9.17) is 20.9 Å². The van der Waals surface area contributed by atoms with Gasteiger partial charge < -0.3 is 31.2 Å². The fourth-order valence-electron chi connectivity index (χ4n) is 4.10. The van der Waals surface area contributed by atoms with Gasteiger partial charge >= 0.3 is 12.1 Å². The molecule has 0 saturated carbocycles. The average Bonchev–Trinajstić information content (AvgIpc) is 2.94. The van der Waals surface area contributed by atoms with Crippen LogP contribution in [0.1, 0.15) is 31.9 Å². The number of anilines is 1. The first kappa shape index (κ1) is 31.3. The molecule has 0 aliphatic carbocycles. The maximum Gasteiger partial charge on any atom is 0.410 e. The summed E-state index contributed by atoms with van der Waals surface area (Å²) in [6.45, 7) is 9.90. The Morgan fingerprint density at radius 2 is 1.59 bits per heavy atom. The van der Waals surface area contributed by atoms with E-state index in [2.05, 4.69) is 32.1 Å². The highest BCUT2D eigenvalue weighted by atomic mass is 17.2. The van der Waals surface area contributed by atoms with E-state index < -0.39 is 11.6 Å². The normalized spacial score (nSPS) is 14.9. The second-order valence-corrected chi connectivity index (χ2v) is 10.5. The maximum atomic E-state index is 12.2. The van der Waals surface area contributed by atoms with Crippen LogP contribution in [-0.4, -0.2) is 73.9 Å². The van der Waals surface area contributed by atoms with Crippen LogP contribution in [0, 0.1) is 0 Å². The number of carbonyl (C=O) groups excluding carboxylic acids is 2. The van der Waals surface area contributed by atoms with Crippen molar-refractivity contribution in [1.29, 1.82) is 0 Å². The van der Waals surface area contributed by atoms with E-state index in [-0.39, 0.29) is 11.8 Å². The largest absolute Gasteiger partial charge is 0.492 e. The number of piperazine rings is 1. The van der Waals surface area contributed by atoms with E-state index in [0.717, 1.165) is 48.6 Å². The Hall–Kier alpha value is -4.22. The van der Waals surface area contributed by atoms with E-state index in [0.29, 0.717) is 25.4 Å². The minimum atomic E-state index is -0.824. The molecule has 1 aliphatic heterocycles. The van der Waals surface area contributed by atoms with Gasteiger partial charge in [0, 0.05) is 38.4 Å². The van der Waals surface area contributed by atoms with Crippen LogP contribution in [0.2, 0.25) is 0 Å². The van der Waals surface area contributed by atoms with E-state index in [1.54, 1.807) is 4.90 Å². The highest BCUT2D eigenvalue weighted by Crippen LogP contribution is 2.19. The first-order chi connectivity index (χ1) is 19.6. The average molecular weight is 568 g/mol. The summed E-state index contributed by atoms with van der Waals surface area (Å²) in [5.74, 6) is -0.00664. The van der Waals surface area contributed by atoms with Crippen molar-refractivity contribution in [1.82, 2.24) is 9.80 Å². The SMILES string of the molecule is COOC(=O)/C(N)=C(/C=C\N)Nc1ccc(Cc2ccc(OCCN3CCN(C(=O)OC(C)(C)C)CC3)cc2)cc1. The summed E-state index contributed by atoms with van der Waals surface area (Å²) < 4.78 is 11.4. The van der Waals surface area contributed by atoms with Gasteiger partial charge in [-0.2, -0.15) is 4.89 Å². The third-order valence-corrected chi connectivity index (χ3v) is 6.20. The molecule has 3 rings (SSSR count). The van der Waals surface area contributed by atoms with Crippen LogP contribution in [0.5, 0.6) is 5.75 Å². The number of benzene rings is 2. The van der Waals surface area contributed by atoms with Crippen molar-refractivity contribution in [2.75, 3.05) is 51.8 Å². The Kier molecular flexibility index (Phi) is 11.4. The molecule has 0 bridgehead atoms. The van der Waals surface area contributed by atoms with Crippen molar-refractivity contribution in [3.8, 4) is 5.75 Å². The van der Waals surface area contributed by atoms with Gasteiger partial charge in [0.25, 0.3) is 0 Å². The molecule has 1 aliphatic rings. The van der Waals surface area contributed by atoms with Gasteiger partial charge in [-0.15, -0.1) is 0 Å². The van der Waals surface area contributed by atoms with Crippen LogP contribution in [0.3, 0.4) is 0 Å². The number of hydrogen-bond donors (Lipinski definition) is 3. The molecule has 1 heterocycles. The van der Waals surface area contributed by atoms with Crippen molar-refractivity contribution >= 4 is 17.7 Å². The molecule has 41 heavy (non-hydrogen) atoms. The summed E-state index contributed by atoms with van der Waals surface area (Å²) in [6, 6.07) is 15.8. The summed E-state index contributed by atoms with van der Waals surface area (Å²) >= 11 is 0. The van der Waals surface area contributed by atoms with Crippen LogP contribution in [-0.2, 0) is 25.7 Å². The molecule has 5 N–H and O–H groups in total. The van der Waals surface area contributed by atoms with Crippen molar-refractivity contribution in [2.24, 2.45) is 11.5 Å². The lowest BCUT2D eigenvalue weighted by Gasteiger charge is -2.35. The highest BCUT2D eigenvalue weighted by molar-refractivity contribution is 5.89. The molecule has 0 atom stereocenters. The summed E-state index contributed by atoms with van der Waals surface area (Å²) in [5.41, 5.74) is 14.0. The smallest absolute Gasteiger partial charge is 0.410 e. The topological polar surface area (TPSA) is 142 Å². The van der Waals surface area contributed by atoms with Crippen molar-refractivity contribution in [2.45, 2.75) is 32.8 Å². The number of nitrogens with two attached hydrogens (primary N) is 2. The third-order valence-electron chi connectivity index (χ3n) is 6.20. The molecule has 0 unspecified atom stereocenters. The predicted octanol–water partition coefficient (Wildman–Crippen LogP) is 3.37. The summed E-state index contributed by atoms with van der Waals surface area (Å²) in [4.78, 5) is 37.0. The third kappa shape index (κ3) is 10.4. The van der Waals surface area contributed by atoms with Gasteiger partial charge in [-0.05, 0) is 74.9 Å². The highest BCUT2D eigenvalue weighted by Gasteiger charge is 2.25. The Morgan fingerprint density at radius 1 is 0.976 bits per heavy atom. The number of nitrogens with one attached hydrogen (secondary N) is 1. The van der Waals surface area contributed by atoms with E-state index in [9.17, 15) is 9.59 Å². The monoisotopic (exact) mass is 567 g/mol. The molecule has 2 aromatic carbocycles. The van der Waals surface area contributed by atoms with Crippen molar-refractivity contribution < 1.29 is 28.8 Å². The molecular formula is C30H41N5O6. The molecule has 222 valence electrons. The van der Waals surface area contributed by atoms with Crippen LogP contribution < -0.4 is 21.5 Å². The molecule has 0 spiro atoms. The first-order valence-electron chi connectivity index (χ1n) is 13.5.